The summed E-state index contributed by atoms with van der Waals surface area (Å²) in [6, 6.07) is 2.74. The number of carbonyl (C=O) groups is 1. The minimum Gasteiger partial charge on any atom is -0.336 e. The summed E-state index contributed by atoms with van der Waals surface area (Å²) < 4.78 is 26.3. The Hall–Kier alpha value is -2.35. The van der Waals surface area contributed by atoms with Crippen LogP contribution in [0.25, 0.3) is 0 Å². The first-order valence-electron chi connectivity index (χ1n) is 6.43. The highest BCUT2D eigenvalue weighted by Crippen LogP contribution is 2.13. The fourth-order valence-electron chi connectivity index (χ4n) is 2.01. The number of H-pyrrole nitrogens is 2. The standard InChI is InChI=1S/C14H13F2N3O2S/c1-7-11(13(21)19-14(22)17-7)2-3-12(20)18-10-5-8(15)4-9(16)6-10/h4-6H,2-3H2,1H3,(H,18,20)(H2,17,19,21,22). The number of benzene rings is 1. The quantitative estimate of drug-likeness (QED) is 0.756. The molecule has 2 rings (SSSR count). The zero-order chi connectivity index (χ0) is 16.3. The van der Waals surface area contributed by atoms with Crippen LogP contribution in [0.4, 0.5) is 14.5 Å². The van der Waals surface area contributed by atoms with Gasteiger partial charge in [0.1, 0.15) is 11.6 Å². The minimum absolute atomic E-state index is 0.00727. The Balaban J connectivity index is 2.04. The number of nitrogens with one attached hydrogen (secondary N) is 3. The number of halogens is 2. The maximum atomic E-state index is 13.0. The number of anilines is 1. The molecule has 0 bridgehead atoms. The Morgan fingerprint density at radius 1 is 1.23 bits per heavy atom. The van der Waals surface area contributed by atoms with Gasteiger partial charge in [0.2, 0.25) is 5.91 Å². The van der Waals surface area contributed by atoms with Crippen molar-refractivity contribution >= 4 is 23.8 Å². The van der Waals surface area contributed by atoms with E-state index in [1.54, 1.807) is 6.92 Å². The number of rotatable bonds is 4. The third-order valence-electron chi connectivity index (χ3n) is 3.00. The molecule has 0 saturated carbocycles. The molecule has 0 atom stereocenters. The van der Waals surface area contributed by atoms with E-state index in [1.165, 1.54) is 0 Å². The highest BCUT2D eigenvalue weighted by Gasteiger charge is 2.10. The van der Waals surface area contributed by atoms with Gasteiger partial charge in [0.05, 0.1) is 0 Å². The smallest absolute Gasteiger partial charge is 0.255 e. The molecule has 0 unspecified atom stereocenters. The number of aromatic amines is 2. The predicted molar refractivity (Wildman–Crippen MR) is 80.3 cm³/mol. The SMILES string of the molecule is Cc1[nH]c(=S)[nH]c(=O)c1CCC(=O)Nc1cc(F)cc(F)c1. The second kappa shape index (κ2) is 6.61. The van der Waals surface area contributed by atoms with Crippen LogP contribution in [0, 0.1) is 23.3 Å². The predicted octanol–water partition coefficient (Wildman–Crippen LogP) is 2.59. The van der Waals surface area contributed by atoms with Gasteiger partial charge in [-0.05, 0) is 37.7 Å². The van der Waals surface area contributed by atoms with Crippen molar-refractivity contribution in [2.45, 2.75) is 19.8 Å². The summed E-state index contributed by atoms with van der Waals surface area (Å²) in [4.78, 5) is 28.8. The number of aromatic nitrogens is 2. The van der Waals surface area contributed by atoms with E-state index in [9.17, 15) is 18.4 Å². The minimum atomic E-state index is -0.779. The Labute approximate surface area is 129 Å². The zero-order valence-corrected chi connectivity index (χ0v) is 12.4. The Bertz CT molecular complexity index is 809. The normalized spacial score (nSPS) is 10.5. The number of hydrogen-bond donors (Lipinski definition) is 3. The van der Waals surface area contributed by atoms with Gasteiger partial charge in [-0.3, -0.25) is 14.6 Å². The summed E-state index contributed by atoms with van der Waals surface area (Å²) in [5.41, 5.74) is 0.666. The van der Waals surface area contributed by atoms with Crippen LogP contribution in [-0.2, 0) is 11.2 Å². The molecule has 1 heterocycles. The second-order valence-electron chi connectivity index (χ2n) is 4.72. The van der Waals surface area contributed by atoms with Crippen LogP contribution in [0.1, 0.15) is 17.7 Å². The lowest BCUT2D eigenvalue weighted by Crippen LogP contribution is -2.19. The third-order valence-corrected chi connectivity index (χ3v) is 3.21. The van der Waals surface area contributed by atoms with Crippen molar-refractivity contribution in [3.63, 3.8) is 0 Å². The Morgan fingerprint density at radius 2 is 1.86 bits per heavy atom. The summed E-state index contributed by atoms with van der Waals surface area (Å²) in [5.74, 6) is -2.01. The van der Waals surface area contributed by atoms with Crippen molar-refractivity contribution < 1.29 is 13.6 Å². The lowest BCUT2D eigenvalue weighted by atomic mass is 10.1. The van der Waals surface area contributed by atoms with Crippen molar-refractivity contribution in [2.75, 3.05) is 5.32 Å². The first kappa shape index (κ1) is 16.0. The molecule has 0 aliphatic heterocycles. The maximum absolute atomic E-state index is 13.0. The molecule has 0 radical (unpaired) electrons. The summed E-state index contributed by atoms with van der Waals surface area (Å²) in [6.07, 6.45) is 0.170. The second-order valence-corrected chi connectivity index (χ2v) is 5.13. The number of carbonyl (C=O) groups excluding carboxylic acids is 1. The average Bonchev–Trinajstić information content (AvgIpc) is 2.35. The fourth-order valence-corrected chi connectivity index (χ4v) is 2.26. The molecule has 3 N–H and O–H groups in total. The Kier molecular flexibility index (Phi) is 4.81. The van der Waals surface area contributed by atoms with E-state index < -0.39 is 17.5 Å². The van der Waals surface area contributed by atoms with Crippen molar-refractivity contribution in [3.8, 4) is 0 Å². The van der Waals surface area contributed by atoms with Crippen molar-refractivity contribution in [2.24, 2.45) is 0 Å². The maximum Gasteiger partial charge on any atom is 0.255 e. The van der Waals surface area contributed by atoms with E-state index in [4.69, 9.17) is 12.2 Å². The van der Waals surface area contributed by atoms with Gasteiger partial charge in [0.15, 0.2) is 4.77 Å². The molecule has 1 aromatic carbocycles. The first-order chi connectivity index (χ1) is 10.3. The van der Waals surface area contributed by atoms with Crippen molar-refractivity contribution in [1.82, 2.24) is 9.97 Å². The van der Waals surface area contributed by atoms with Crippen LogP contribution in [0.2, 0.25) is 0 Å². The zero-order valence-electron chi connectivity index (χ0n) is 11.6. The van der Waals surface area contributed by atoms with E-state index in [0.717, 1.165) is 12.1 Å². The lowest BCUT2D eigenvalue weighted by Gasteiger charge is -2.07. The van der Waals surface area contributed by atoms with E-state index >= 15 is 0 Å². The lowest BCUT2D eigenvalue weighted by molar-refractivity contribution is -0.116. The molecular formula is C14H13F2N3O2S. The van der Waals surface area contributed by atoms with Crippen molar-refractivity contribution in [1.29, 1.82) is 0 Å². The molecule has 2 aromatic rings. The molecule has 1 aromatic heterocycles. The van der Waals surface area contributed by atoms with Crippen LogP contribution in [0.5, 0.6) is 0 Å². The number of hydrogen-bond acceptors (Lipinski definition) is 3. The van der Waals surface area contributed by atoms with E-state index in [-0.39, 0.29) is 28.9 Å². The summed E-state index contributed by atoms with van der Waals surface area (Å²) in [7, 11) is 0. The third kappa shape index (κ3) is 4.08. The summed E-state index contributed by atoms with van der Waals surface area (Å²) in [5, 5.41) is 2.38. The highest BCUT2D eigenvalue weighted by atomic mass is 32.1. The monoisotopic (exact) mass is 325 g/mol. The van der Waals surface area contributed by atoms with Crippen LogP contribution in [-0.4, -0.2) is 15.9 Å². The molecule has 0 aliphatic carbocycles. The van der Waals surface area contributed by atoms with E-state index in [0.29, 0.717) is 17.3 Å². The van der Waals surface area contributed by atoms with Gasteiger partial charge in [0, 0.05) is 29.4 Å². The first-order valence-corrected chi connectivity index (χ1v) is 6.84. The number of aryl methyl sites for hydroxylation is 1. The van der Waals surface area contributed by atoms with Gasteiger partial charge < -0.3 is 10.3 Å². The molecule has 0 spiro atoms. The van der Waals surface area contributed by atoms with Gasteiger partial charge in [0.25, 0.3) is 5.56 Å². The van der Waals surface area contributed by atoms with Crippen LogP contribution in [0.3, 0.4) is 0 Å². The van der Waals surface area contributed by atoms with Gasteiger partial charge in [-0.25, -0.2) is 8.78 Å². The molecule has 22 heavy (non-hydrogen) atoms. The molecule has 1 amide bonds. The number of amides is 1. The molecule has 0 saturated heterocycles. The van der Waals surface area contributed by atoms with Crippen LogP contribution in [0.15, 0.2) is 23.0 Å². The van der Waals surface area contributed by atoms with Gasteiger partial charge in [-0.1, -0.05) is 0 Å². The molecule has 8 heteroatoms. The van der Waals surface area contributed by atoms with Crippen molar-refractivity contribution in [3.05, 3.63) is 56.2 Å². The molecule has 0 aliphatic rings. The van der Waals surface area contributed by atoms with Crippen LogP contribution >= 0.6 is 12.2 Å². The van der Waals surface area contributed by atoms with E-state index in [1.807, 2.05) is 0 Å². The fraction of sp³-hybridized carbons (Fsp3) is 0.214. The Morgan fingerprint density at radius 3 is 2.45 bits per heavy atom. The average molecular weight is 325 g/mol. The molecule has 116 valence electrons. The molecule has 0 fully saturated rings. The van der Waals surface area contributed by atoms with Gasteiger partial charge >= 0.3 is 0 Å². The van der Waals surface area contributed by atoms with Gasteiger partial charge in [-0.2, -0.15) is 0 Å². The van der Waals surface area contributed by atoms with Crippen LogP contribution < -0.4 is 10.9 Å². The largest absolute Gasteiger partial charge is 0.336 e. The topological polar surface area (TPSA) is 77.8 Å². The molecular weight excluding hydrogens is 312 g/mol. The summed E-state index contributed by atoms with van der Waals surface area (Å²) in [6.45, 7) is 1.68. The summed E-state index contributed by atoms with van der Waals surface area (Å²) >= 11 is 4.83. The highest BCUT2D eigenvalue weighted by molar-refractivity contribution is 7.71. The molecule has 5 nitrogen and oxygen atoms in total. The van der Waals surface area contributed by atoms with E-state index in [2.05, 4.69) is 15.3 Å². The van der Waals surface area contributed by atoms with Gasteiger partial charge in [-0.15, -0.1) is 0 Å².